The number of carbonyl (C=O) groups excluding carboxylic acids is 1. The third kappa shape index (κ3) is 2.63. The molecule has 2 aliphatic rings. The summed E-state index contributed by atoms with van der Waals surface area (Å²) in [5.74, 6) is 1.00. The first-order chi connectivity index (χ1) is 10.3. The van der Waals surface area contributed by atoms with Gasteiger partial charge in [-0.25, -0.2) is 0 Å². The van der Waals surface area contributed by atoms with Crippen molar-refractivity contribution in [3.8, 4) is 5.75 Å². The molecule has 0 N–H and O–H groups in total. The van der Waals surface area contributed by atoms with Crippen molar-refractivity contribution in [2.75, 3.05) is 26.3 Å². The summed E-state index contributed by atoms with van der Waals surface area (Å²) >= 11 is 1.55. The van der Waals surface area contributed by atoms with Gasteiger partial charge in [-0.05, 0) is 31.0 Å². The second-order valence-electron chi connectivity index (χ2n) is 5.54. The fourth-order valence-corrected chi connectivity index (χ4v) is 3.73. The Morgan fingerprint density at radius 3 is 2.95 bits per heavy atom. The van der Waals surface area contributed by atoms with Crippen molar-refractivity contribution in [3.63, 3.8) is 0 Å². The highest BCUT2D eigenvalue weighted by Crippen LogP contribution is 2.34. The minimum absolute atomic E-state index is 0.158. The minimum atomic E-state index is 0.158. The van der Waals surface area contributed by atoms with E-state index in [1.807, 2.05) is 29.2 Å². The topological polar surface area (TPSA) is 42.1 Å². The smallest absolute Gasteiger partial charge is 0.263 e. The first-order valence-electron chi connectivity index (χ1n) is 7.37. The van der Waals surface area contributed by atoms with Crippen LogP contribution in [0, 0.1) is 0 Å². The van der Waals surface area contributed by atoms with Gasteiger partial charge in [0.15, 0.2) is 0 Å². The number of thiophene rings is 1. The van der Waals surface area contributed by atoms with E-state index in [1.165, 1.54) is 0 Å². The molecular formula is C16H17NO3S. The number of carbonyl (C=O) groups is 1. The van der Waals surface area contributed by atoms with E-state index in [2.05, 4.69) is 0 Å². The molecule has 0 spiro atoms. The number of hydrogen-bond acceptors (Lipinski definition) is 4. The number of likely N-dealkylation sites (tertiary alicyclic amines) is 1. The summed E-state index contributed by atoms with van der Waals surface area (Å²) in [4.78, 5) is 15.2. The third-order valence-electron chi connectivity index (χ3n) is 3.95. The molecule has 3 heterocycles. The zero-order chi connectivity index (χ0) is 14.2. The lowest BCUT2D eigenvalue weighted by molar-refractivity contribution is 0.0797. The van der Waals surface area contributed by atoms with Gasteiger partial charge < -0.3 is 14.4 Å². The van der Waals surface area contributed by atoms with E-state index in [0.29, 0.717) is 6.61 Å². The van der Waals surface area contributed by atoms with Gasteiger partial charge in [0.1, 0.15) is 18.5 Å². The fraction of sp³-hybridized carbons (Fsp3) is 0.438. The number of amides is 1. The van der Waals surface area contributed by atoms with Crippen molar-refractivity contribution in [1.82, 2.24) is 4.90 Å². The fourth-order valence-electron chi connectivity index (χ4n) is 2.69. The highest BCUT2D eigenvalue weighted by Gasteiger charge is 2.24. The van der Waals surface area contributed by atoms with Crippen LogP contribution >= 0.6 is 11.3 Å². The number of rotatable bonds is 4. The van der Waals surface area contributed by atoms with Gasteiger partial charge in [-0.1, -0.05) is 6.07 Å². The van der Waals surface area contributed by atoms with E-state index >= 15 is 0 Å². The molecule has 0 saturated carbocycles. The maximum Gasteiger partial charge on any atom is 0.263 e. The molecule has 1 amide bonds. The molecular weight excluding hydrogens is 286 g/mol. The number of nitrogens with zero attached hydrogens (tertiary/aromatic N) is 1. The molecule has 0 radical (unpaired) electrons. The maximum atomic E-state index is 12.5. The minimum Gasteiger partial charge on any atom is -0.490 e. The molecule has 2 saturated heterocycles. The number of ether oxygens (including phenoxy) is 2. The Bertz CT molecular complexity index is 671. The molecule has 0 aliphatic carbocycles. The molecule has 2 aliphatic heterocycles. The predicted molar refractivity (Wildman–Crippen MR) is 82.2 cm³/mol. The van der Waals surface area contributed by atoms with Crippen molar-refractivity contribution < 1.29 is 14.3 Å². The zero-order valence-corrected chi connectivity index (χ0v) is 12.5. The van der Waals surface area contributed by atoms with Gasteiger partial charge in [0, 0.05) is 23.2 Å². The third-order valence-corrected chi connectivity index (χ3v) is 5.04. The van der Waals surface area contributed by atoms with Gasteiger partial charge >= 0.3 is 0 Å². The first-order valence-corrected chi connectivity index (χ1v) is 8.19. The van der Waals surface area contributed by atoms with Gasteiger partial charge in [0.05, 0.1) is 11.5 Å². The Kier molecular flexibility index (Phi) is 3.31. The molecule has 2 fully saturated rings. The van der Waals surface area contributed by atoms with Crippen LogP contribution in [0.15, 0.2) is 24.3 Å². The van der Waals surface area contributed by atoms with E-state index < -0.39 is 0 Å². The van der Waals surface area contributed by atoms with Gasteiger partial charge in [0.2, 0.25) is 0 Å². The molecule has 1 aromatic carbocycles. The lowest BCUT2D eigenvalue weighted by Crippen LogP contribution is -2.26. The second kappa shape index (κ2) is 5.31. The normalized spacial score (nSPS) is 21.0. The number of fused-ring (bicyclic) bond motifs is 1. The Labute approximate surface area is 127 Å². The summed E-state index contributed by atoms with van der Waals surface area (Å²) in [7, 11) is 0. The van der Waals surface area contributed by atoms with Crippen molar-refractivity contribution in [1.29, 1.82) is 0 Å². The lowest BCUT2D eigenvalue weighted by atomic mass is 10.2. The SMILES string of the molecule is O=C(c1cc2c(OC[C@@H]3CO3)cccc2s1)N1CCCC1. The average Bonchev–Trinajstić information content (AvgIpc) is 3.02. The van der Waals surface area contributed by atoms with Crippen molar-refractivity contribution >= 4 is 27.3 Å². The van der Waals surface area contributed by atoms with E-state index in [9.17, 15) is 4.79 Å². The van der Waals surface area contributed by atoms with Crippen LogP contribution in [0.3, 0.4) is 0 Å². The van der Waals surface area contributed by atoms with Crippen molar-refractivity contribution in [2.45, 2.75) is 18.9 Å². The van der Waals surface area contributed by atoms with Gasteiger partial charge in [-0.15, -0.1) is 11.3 Å². The molecule has 2 aromatic rings. The molecule has 0 bridgehead atoms. The van der Waals surface area contributed by atoms with Gasteiger partial charge in [-0.3, -0.25) is 4.79 Å². The monoisotopic (exact) mass is 303 g/mol. The summed E-state index contributed by atoms with van der Waals surface area (Å²) in [6, 6.07) is 7.96. The molecule has 21 heavy (non-hydrogen) atoms. The quantitative estimate of drug-likeness (QED) is 0.816. The van der Waals surface area contributed by atoms with E-state index in [0.717, 1.165) is 53.3 Å². The van der Waals surface area contributed by atoms with Crippen LogP contribution in [-0.4, -0.2) is 43.2 Å². The summed E-state index contributed by atoms with van der Waals surface area (Å²) < 4.78 is 12.1. The number of benzene rings is 1. The maximum absolute atomic E-state index is 12.5. The molecule has 1 aromatic heterocycles. The second-order valence-corrected chi connectivity index (χ2v) is 6.63. The lowest BCUT2D eigenvalue weighted by Gasteiger charge is -2.13. The predicted octanol–water partition coefficient (Wildman–Crippen LogP) is 2.91. The van der Waals surface area contributed by atoms with Crippen LogP contribution in [0.5, 0.6) is 5.75 Å². The number of hydrogen-bond donors (Lipinski definition) is 0. The molecule has 110 valence electrons. The molecule has 4 nitrogen and oxygen atoms in total. The Morgan fingerprint density at radius 1 is 1.38 bits per heavy atom. The van der Waals surface area contributed by atoms with Crippen LogP contribution < -0.4 is 4.74 Å². The van der Waals surface area contributed by atoms with E-state index in [1.54, 1.807) is 11.3 Å². The molecule has 4 rings (SSSR count). The first kappa shape index (κ1) is 13.1. The van der Waals surface area contributed by atoms with Crippen LogP contribution in [0.1, 0.15) is 22.5 Å². The summed E-state index contributed by atoms with van der Waals surface area (Å²) in [5.41, 5.74) is 0. The summed E-state index contributed by atoms with van der Waals surface area (Å²) in [6.07, 6.45) is 2.48. The molecule has 1 atom stereocenters. The zero-order valence-electron chi connectivity index (χ0n) is 11.7. The van der Waals surface area contributed by atoms with E-state index in [4.69, 9.17) is 9.47 Å². The molecule has 5 heteroatoms. The largest absolute Gasteiger partial charge is 0.490 e. The highest BCUT2D eigenvalue weighted by molar-refractivity contribution is 7.20. The van der Waals surface area contributed by atoms with Crippen LogP contribution in [0.4, 0.5) is 0 Å². The Balaban J connectivity index is 1.61. The summed E-state index contributed by atoms with van der Waals surface area (Å²) in [5, 5.41) is 1.03. The molecule has 0 unspecified atom stereocenters. The Hall–Kier alpha value is -1.59. The van der Waals surface area contributed by atoms with Crippen LogP contribution in [0.2, 0.25) is 0 Å². The van der Waals surface area contributed by atoms with Crippen LogP contribution in [0.25, 0.3) is 10.1 Å². The van der Waals surface area contributed by atoms with Gasteiger partial charge in [-0.2, -0.15) is 0 Å². The summed E-state index contributed by atoms with van der Waals surface area (Å²) in [6.45, 7) is 3.15. The standard InChI is InChI=1S/C16H17NO3S/c18-16(17-6-1-2-7-17)15-8-12-13(20-10-11-9-19-11)4-3-5-14(12)21-15/h3-5,8,11H,1-2,6-7,9-10H2/t11-/m0/s1. The van der Waals surface area contributed by atoms with Gasteiger partial charge in [0.25, 0.3) is 5.91 Å². The van der Waals surface area contributed by atoms with E-state index in [-0.39, 0.29) is 12.0 Å². The highest BCUT2D eigenvalue weighted by atomic mass is 32.1. The van der Waals surface area contributed by atoms with Crippen molar-refractivity contribution in [3.05, 3.63) is 29.1 Å². The Morgan fingerprint density at radius 2 is 2.19 bits per heavy atom. The van der Waals surface area contributed by atoms with Crippen molar-refractivity contribution in [2.24, 2.45) is 0 Å². The number of epoxide rings is 1. The van der Waals surface area contributed by atoms with Crippen LogP contribution in [-0.2, 0) is 4.74 Å². The average molecular weight is 303 g/mol.